The second-order valence-electron chi connectivity index (χ2n) is 8.27. The molecule has 0 saturated carbocycles. The maximum absolute atomic E-state index is 13.2. The van der Waals surface area contributed by atoms with Crippen LogP contribution < -0.4 is 0 Å². The Morgan fingerprint density at radius 2 is 1.69 bits per heavy atom. The minimum atomic E-state index is 0.0703. The first-order valence-corrected chi connectivity index (χ1v) is 11.7. The highest BCUT2D eigenvalue weighted by atomic mass is 32.1. The summed E-state index contributed by atoms with van der Waals surface area (Å²) in [7, 11) is 0. The van der Waals surface area contributed by atoms with Gasteiger partial charge < -0.3 is 9.80 Å². The van der Waals surface area contributed by atoms with Crippen LogP contribution in [0.3, 0.4) is 0 Å². The smallest absolute Gasteiger partial charge is 0.264 e. The Labute approximate surface area is 176 Å². The fraction of sp³-hybridized carbons (Fsp3) is 0.636. The number of carbonyl (C=O) groups excluding carboxylic acids is 2. The van der Waals surface area contributed by atoms with Crippen molar-refractivity contribution < 1.29 is 9.59 Å². The molecule has 2 aromatic heterocycles. The number of likely N-dealkylation sites (tertiary alicyclic amines) is 2. The predicted octanol–water partition coefficient (Wildman–Crippen LogP) is 3.74. The van der Waals surface area contributed by atoms with Gasteiger partial charge in [0.1, 0.15) is 10.7 Å². The molecule has 0 spiro atoms. The zero-order valence-corrected chi connectivity index (χ0v) is 18.5. The Kier molecular flexibility index (Phi) is 5.86. The molecule has 0 unspecified atom stereocenters. The van der Waals surface area contributed by atoms with E-state index in [1.807, 2.05) is 30.6 Å². The Morgan fingerprint density at radius 3 is 2.34 bits per heavy atom. The molecule has 0 bridgehead atoms. The molecule has 0 aliphatic carbocycles. The lowest BCUT2D eigenvalue weighted by atomic mass is 9.94. The van der Waals surface area contributed by atoms with Gasteiger partial charge in [-0.05, 0) is 51.5 Å². The molecule has 4 heterocycles. The van der Waals surface area contributed by atoms with Crippen molar-refractivity contribution in [2.75, 3.05) is 26.2 Å². The Morgan fingerprint density at radius 1 is 1.00 bits per heavy atom. The molecule has 4 rings (SSSR count). The monoisotopic (exact) mass is 414 g/mol. The Balaban J connectivity index is 1.46. The van der Waals surface area contributed by atoms with Crippen molar-refractivity contribution in [3.8, 4) is 0 Å². The highest BCUT2D eigenvalue weighted by Crippen LogP contribution is 2.33. The zero-order chi connectivity index (χ0) is 20.5. The molecular formula is C22H30N4O2S. The van der Waals surface area contributed by atoms with Crippen LogP contribution in [0.4, 0.5) is 0 Å². The van der Waals surface area contributed by atoms with Crippen LogP contribution in [0.5, 0.6) is 0 Å². The van der Waals surface area contributed by atoms with Crippen LogP contribution in [0.25, 0.3) is 10.2 Å². The summed E-state index contributed by atoms with van der Waals surface area (Å²) in [5, 5.41) is 1.02. The molecule has 6 nitrogen and oxygen atoms in total. The molecule has 0 N–H and O–H groups in total. The number of hydrogen-bond donors (Lipinski definition) is 0. The number of aryl methyl sites for hydroxylation is 3. The SMILES string of the molecule is CCc1nc(C)c2c(C)c(C(=O)N3CCC(C(=O)N4CCCCC4)CC3)sc2n1. The number of aromatic nitrogens is 2. The molecule has 2 saturated heterocycles. The molecule has 0 radical (unpaired) electrons. The lowest BCUT2D eigenvalue weighted by Gasteiger charge is -2.35. The van der Waals surface area contributed by atoms with Gasteiger partial charge in [0.05, 0.1) is 4.88 Å². The van der Waals surface area contributed by atoms with E-state index < -0.39 is 0 Å². The van der Waals surface area contributed by atoms with E-state index in [4.69, 9.17) is 0 Å². The summed E-state index contributed by atoms with van der Waals surface area (Å²) >= 11 is 1.48. The highest BCUT2D eigenvalue weighted by molar-refractivity contribution is 7.20. The fourth-order valence-corrected chi connectivity index (χ4v) is 5.82. The van der Waals surface area contributed by atoms with Crippen LogP contribution in [0.15, 0.2) is 0 Å². The number of piperidine rings is 2. The van der Waals surface area contributed by atoms with Gasteiger partial charge in [0.25, 0.3) is 5.91 Å². The first-order chi connectivity index (χ1) is 14.0. The van der Waals surface area contributed by atoms with Gasteiger partial charge in [-0.1, -0.05) is 6.92 Å². The molecule has 2 aliphatic heterocycles. The van der Waals surface area contributed by atoms with Gasteiger partial charge in [0.15, 0.2) is 0 Å². The van der Waals surface area contributed by atoms with Crippen molar-refractivity contribution in [3.63, 3.8) is 0 Å². The first kappa shape index (κ1) is 20.3. The summed E-state index contributed by atoms with van der Waals surface area (Å²) in [5.41, 5.74) is 1.94. The topological polar surface area (TPSA) is 66.4 Å². The number of rotatable bonds is 3. The normalized spacial score (nSPS) is 18.4. The van der Waals surface area contributed by atoms with Crippen molar-refractivity contribution in [1.29, 1.82) is 0 Å². The lowest BCUT2D eigenvalue weighted by molar-refractivity contribution is -0.137. The van der Waals surface area contributed by atoms with E-state index in [0.717, 1.165) is 77.4 Å². The van der Waals surface area contributed by atoms with Crippen LogP contribution >= 0.6 is 11.3 Å². The molecule has 0 aromatic carbocycles. The minimum absolute atomic E-state index is 0.0703. The first-order valence-electron chi connectivity index (χ1n) is 10.8. The van der Waals surface area contributed by atoms with Gasteiger partial charge in [-0.15, -0.1) is 11.3 Å². The average Bonchev–Trinajstić information content (AvgIpc) is 3.10. The highest BCUT2D eigenvalue weighted by Gasteiger charge is 2.32. The Bertz CT molecular complexity index is 925. The van der Waals surface area contributed by atoms with E-state index in [1.165, 1.54) is 17.8 Å². The predicted molar refractivity (Wildman–Crippen MR) is 115 cm³/mol. The molecule has 2 aliphatic rings. The summed E-state index contributed by atoms with van der Waals surface area (Å²) in [5.74, 6) is 1.27. The van der Waals surface area contributed by atoms with Crippen LogP contribution in [0.1, 0.15) is 65.8 Å². The third-order valence-corrected chi connectivity index (χ3v) is 7.50. The van der Waals surface area contributed by atoms with Crippen molar-refractivity contribution in [2.45, 2.75) is 59.3 Å². The lowest BCUT2D eigenvalue weighted by Crippen LogP contribution is -2.45. The van der Waals surface area contributed by atoms with E-state index in [-0.39, 0.29) is 11.8 Å². The van der Waals surface area contributed by atoms with E-state index >= 15 is 0 Å². The van der Waals surface area contributed by atoms with Gasteiger partial charge in [0, 0.05) is 49.6 Å². The van der Waals surface area contributed by atoms with Crippen LogP contribution in [-0.2, 0) is 11.2 Å². The fourth-order valence-electron chi connectivity index (χ4n) is 4.60. The van der Waals surface area contributed by atoms with Crippen molar-refractivity contribution in [1.82, 2.24) is 19.8 Å². The summed E-state index contributed by atoms with van der Waals surface area (Å²) in [6.07, 6.45) is 5.80. The molecule has 2 fully saturated rings. The molecule has 7 heteroatoms. The molecule has 2 amide bonds. The van der Waals surface area contributed by atoms with Crippen LogP contribution in [0, 0.1) is 19.8 Å². The number of carbonyl (C=O) groups is 2. The Hall–Kier alpha value is -2.02. The molecule has 0 atom stereocenters. The number of amides is 2. The maximum atomic E-state index is 13.2. The summed E-state index contributed by atoms with van der Waals surface area (Å²) in [6, 6.07) is 0. The van der Waals surface area contributed by atoms with Crippen LogP contribution in [-0.4, -0.2) is 57.8 Å². The van der Waals surface area contributed by atoms with E-state index in [1.54, 1.807) is 0 Å². The zero-order valence-electron chi connectivity index (χ0n) is 17.7. The molecule has 29 heavy (non-hydrogen) atoms. The van der Waals surface area contributed by atoms with Crippen molar-refractivity contribution >= 4 is 33.4 Å². The number of thiophene rings is 1. The number of hydrogen-bond acceptors (Lipinski definition) is 5. The van der Waals surface area contributed by atoms with E-state index in [9.17, 15) is 9.59 Å². The van der Waals surface area contributed by atoms with Gasteiger partial charge in [0.2, 0.25) is 5.91 Å². The third kappa shape index (κ3) is 3.89. The summed E-state index contributed by atoms with van der Waals surface area (Å²) < 4.78 is 0. The van der Waals surface area contributed by atoms with E-state index in [0.29, 0.717) is 19.0 Å². The largest absolute Gasteiger partial charge is 0.342 e. The van der Waals surface area contributed by atoms with Gasteiger partial charge in [-0.2, -0.15) is 0 Å². The molecule has 156 valence electrons. The molecule has 2 aromatic rings. The third-order valence-electron chi connectivity index (χ3n) is 6.33. The number of nitrogens with zero attached hydrogens (tertiary/aromatic N) is 4. The van der Waals surface area contributed by atoms with Crippen LogP contribution in [0.2, 0.25) is 0 Å². The average molecular weight is 415 g/mol. The summed E-state index contributed by atoms with van der Waals surface area (Å²) in [6.45, 7) is 9.15. The minimum Gasteiger partial charge on any atom is -0.342 e. The molecular weight excluding hydrogens is 384 g/mol. The van der Waals surface area contributed by atoms with E-state index in [2.05, 4.69) is 9.97 Å². The van der Waals surface area contributed by atoms with Gasteiger partial charge in [-0.3, -0.25) is 9.59 Å². The van der Waals surface area contributed by atoms with Crippen molar-refractivity contribution in [3.05, 3.63) is 22.0 Å². The van der Waals surface area contributed by atoms with Gasteiger partial charge in [-0.25, -0.2) is 9.97 Å². The quantitative estimate of drug-likeness (QED) is 0.767. The van der Waals surface area contributed by atoms with Gasteiger partial charge >= 0.3 is 0 Å². The number of fused-ring (bicyclic) bond motifs is 1. The van der Waals surface area contributed by atoms with Crippen molar-refractivity contribution in [2.24, 2.45) is 5.92 Å². The maximum Gasteiger partial charge on any atom is 0.264 e. The second-order valence-corrected chi connectivity index (χ2v) is 9.27. The summed E-state index contributed by atoms with van der Waals surface area (Å²) in [4.78, 5) is 40.8. The standard InChI is InChI=1S/C22H30N4O2S/c1-4-17-23-15(3)18-14(2)19(29-20(18)24-17)22(28)26-12-8-16(9-13-26)21(27)25-10-6-5-7-11-25/h16H,4-13H2,1-3H3. The second kappa shape index (κ2) is 8.38.